The SMILES string of the molecule is CCCCNc1nc(Cl)nc2c1ncn2C1CCCCO1. The first kappa shape index (κ1) is 14.5. The number of hydrogen-bond donors (Lipinski definition) is 1. The smallest absolute Gasteiger partial charge is 0.226 e. The lowest BCUT2D eigenvalue weighted by Crippen LogP contribution is -2.17. The summed E-state index contributed by atoms with van der Waals surface area (Å²) < 4.78 is 7.77. The number of hydrogen-bond acceptors (Lipinski definition) is 5. The van der Waals surface area contributed by atoms with E-state index in [-0.39, 0.29) is 11.5 Å². The van der Waals surface area contributed by atoms with E-state index in [9.17, 15) is 0 Å². The van der Waals surface area contributed by atoms with Crippen molar-refractivity contribution in [3.05, 3.63) is 11.6 Å². The van der Waals surface area contributed by atoms with Gasteiger partial charge in [-0.25, -0.2) is 4.98 Å². The molecule has 0 saturated carbocycles. The maximum atomic E-state index is 6.06. The zero-order chi connectivity index (χ0) is 14.7. The molecule has 2 aromatic rings. The molecule has 0 aliphatic carbocycles. The van der Waals surface area contributed by atoms with E-state index < -0.39 is 0 Å². The number of nitrogens with zero attached hydrogens (tertiary/aromatic N) is 4. The molecule has 3 heterocycles. The fraction of sp³-hybridized carbons (Fsp3) is 0.643. The van der Waals surface area contributed by atoms with Gasteiger partial charge in [0.15, 0.2) is 17.0 Å². The van der Waals surface area contributed by atoms with Crippen LogP contribution in [0.15, 0.2) is 6.33 Å². The molecule has 1 aliphatic rings. The van der Waals surface area contributed by atoms with Crippen molar-refractivity contribution < 1.29 is 4.74 Å². The molecule has 1 saturated heterocycles. The molecule has 6 nitrogen and oxygen atoms in total. The highest BCUT2D eigenvalue weighted by molar-refractivity contribution is 6.28. The van der Waals surface area contributed by atoms with Crippen molar-refractivity contribution in [2.75, 3.05) is 18.5 Å². The second-order valence-electron chi connectivity index (χ2n) is 5.27. The normalized spacial score (nSPS) is 19.0. The number of fused-ring (bicyclic) bond motifs is 1. The van der Waals surface area contributed by atoms with Gasteiger partial charge in [-0.15, -0.1) is 0 Å². The standard InChI is InChI=1S/C14H20ClN5O/c1-2-3-7-16-12-11-13(19-14(15)18-12)20(9-17-11)10-6-4-5-8-21-10/h9-10H,2-8H2,1H3,(H,16,18,19). The van der Waals surface area contributed by atoms with Gasteiger partial charge in [0.05, 0.1) is 6.33 Å². The maximum absolute atomic E-state index is 6.06. The molecule has 0 spiro atoms. The molecule has 1 atom stereocenters. The van der Waals surface area contributed by atoms with Gasteiger partial charge in [0, 0.05) is 13.2 Å². The van der Waals surface area contributed by atoms with Crippen molar-refractivity contribution in [3.8, 4) is 0 Å². The van der Waals surface area contributed by atoms with Gasteiger partial charge in [0.1, 0.15) is 6.23 Å². The van der Waals surface area contributed by atoms with Gasteiger partial charge in [-0.3, -0.25) is 4.57 Å². The van der Waals surface area contributed by atoms with Crippen LogP contribution in [0.4, 0.5) is 5.82 Å². The molecule has 0 bridgehead atoms. The predicted octanol–water partition coefficient (Wildman–Crippen LogP) is 3.39. The van der Waals surface area contributed by atoms with E-state index in [4.69, 9.17) is 16.3 Å². The molecule has 114 valence electrons. The first-order valence-electron chi connectivity index (χ1n) is 7.55. The molecule has 1 fully saturated rings. The molecule has 0 amide bonds. The van der Waals surface area contributed by atoms with Crippen LogP contribution in [-0.2, 0) is 4.74 Å². The van der Waals surface area contributed by atoms with Crippen molar-refractivity contribution >= 4 is 28.6 Å². The fourth-order valence-electron chi connectivity index (χ4n) is 2.55. The molecule has 1 unspecified atom stereocenters. The van der Waals surface area contributed by atoms with Gasteiger partial charge < -0.3 is 10.1 Å². The van der Waals surface area contributed by atoms with E-state index in [0.717, 1.165) is 56.4 Å². The highest BCUT2D eigenvalue weighted by atomic mass is 35.5. The van der Waals surface area contributed by atoms with Gasteiger partial charge in [0.25, 0.3) is 0 Å². The van der Waals surface area contributed by atoms with Crippen LogP contribution in [0.5, 0.6) is 0 Å². The molecule has 1 N–H and O–H groups in total. The number of nitrogens with one attached hydrogen (secondary N) is 1. The summed E-state index contributed by atoms with van der Waals surface area (Å²) in [6.07, 6.45) is 7.23. The third-order valence-corrected chi connectivity index (χ3v) is 3.85. The van der Waals surface area contributed by atoms with Crippen LogP contribution < -0.4 is 5.32 Å². The number of imidazole rings is 1. The number of anilines is 1. The Kier molecular flexibility index (Phi) is 4.55. The van der Waals surface area contributed by atoms with E-state index in [1.165, 1.54) is 0 Å². The fourth-order valence-corrected chi connectivity index (χ4v) is 2.72. The summed E-state index contributed by atoms with van der Waals surface area (Å²) in [7, 11) is 0. The quantitative estimate of drug-likeness (QED) is 0.677. The van der Waals surface area contributed by atoms with Crippen LogP contribution in [0.3, 0.4) is 0 Å². The molecule has 3 rings (SSSR count). The second-order valence-corrected chi connectivity index (χ2v) is 5.60. The van der Waals surface area contributed by atoms with E-state index in [1.54, 1.807) is 6.33 Å². The van der Waals surface area contributed by atoms with Crippen molar-refractivity contribution in [1.82, 2.24) is 19.5 Å². The van der Waals surface area contributed by atoms with Crippen LogP contribution in [0, 0.1) is 0 Å². The van der Waals surface area contributed by atoms with Gasteiger partial charge in [0.2, 0.25) is 5.28 Å². The molecule has 2 aromatic heterocycles. The Balaban J connectivity index is 1.93. The van der Waals surface area contributed by atoms with Crippen LogP contribution in [0.25, 0.3) is 11.2 Å². The summed E-state index contributed by atoms with van der Waals surface area (Å²) >= 11 is 6.06. The number of unbranched alkanes of at least 4 members (excludes halogenated alkanes) is 1. The average Bonchev–Trinajstić information content (AvgIpc) is 2.92. The summed E-state index contributed by atoms with van der Waals surface area (Å²) in [6, 6.07) is 0. The largest absolute Gasteiger partial charge is 0.368 e. The minimum absolute atomic E-state index is 0.00166. The van der Waals surface area contributed by atoms with Crippen molar-refractivity contribution in [2.24, 2.45) is 0 Å². The number of ether oxygens (including phenoxy) is 1. The third kappa shape index (κ3) is 3.11. The Bertz CT molecular complexity index is 609. The lowest BCUT2D eigenvalue weighted by atomic mass is 10.2. The lowest BCUT2D eigenvalue weighted by Gasteiger charge is -2.23. The minimum Gasteiger partial charge on any atom is -0.368 e. The maximum Gasteiger partial charge on any atom is 0.226 e. The summed E-state index contributed by atoms with van der Waals surface area (Å²) in [5.74, 6) is 0.702. The Hall–Kier alpha value is -1.40. The Morgan fingerprint density at radius 1 is 1.43 bits per heavy atom. The van der Waals surface area contributed by atoms with Crippen molar-refractivity contribution in [1.29, 1.82) is 0 Å². The first-order valence-corrected chi connectivity index (χ1v) is 7.93. The van der Waals surface area contributed by atoms with E-state index in [0.29, 0.717) is 5.82 Å². The summed E-state index contributed by atoms with van der Waals surface area (Å²) in [4.78, 5) is 13.0. The second kappa shape index (κ2) is 6.58. The minimum atomic E-state index is -0.00166. The van der Waals surface area contributed by atoms with E-state index in [1.807, 2.05) is 4.57 Å². The summed E-state index contributed by atoms with van der Waals surface area (Å²) in [5, 5.41) is 3.53. The molecular formula is C14H20ClN5O. The molecule has 21 heavy (non-hydrogen) atoms. The lowest BCUT2D eigenvalue weighted by molar-refractivity contribution is -0.0298. The third-order valence-electron chi connectivity index (χ3n) is 3.68. The molecule has 0 aromatic carbocycles. The highest BCUT2D eigenvalue weighted by Gasteiger charge is 2.20. The van der Waals surface area contributed by atoms with E-state index >= 15 is 0 Å². The summed E-state index contributed by atoms with van der Waals surface area (Å²) in [5.41, 5.74) is 1.49. The van der Waals surface area contributed by atoms with Gasteiger partial charge in [-0.2, -0.15) is 9.97 Å². The molecular weight excluding hydrogens is 290 g/mol. The zero-order valence-electron chi connectivity index (χ0n) is 12.2. The number of halogens is 1. The number of rotatable bonds is 5. The Morgan fingerprint density at radius 3 is 3.10 bits per heavy atom. The molecule has 7 heteroatoms. The zero-order valence-corrected chi connectivity index (χ0v) is 12.9. The molecule has 0 radical (unpaired) electrons. The van der Waals surface area contributed by atoms with Gasteiger partial charge in [-0.1, -0.05) is 13.3 Å². The Labute approximate surface area is 128 Å². The Morgan fingerprint density at radius 2 is 2.33 bits per heavy atom. The van der Waals surface area contributed by atoms with Crippen molar-refractivity contribution in [2.45, 2.75) is 45.3 Å². The van der Waals surface area contributed by atoms with Crippen LogP contribution >= 0.6 is 11.6 Å². The van der Waals surface area contributed by atoms with Gasteiger partial charge in [-0.05, 0) is 37.3 Å². The van der Waals surface area contributed by atoms with Crippen LogP contribution in [0.1, 0.15) is 45.3 Å². The van der Waals surface area contributed by atoms with Gasteiger partial charge >= 0.3 is 0 Å². The predicted molar refractivity (Wildman–Crippen MR) is 82.6 cm³/mol. The van der Waals surface area contributed by atoms with Crippen molar-refractivity contribution in [3.63, 3.8) is 0 Å². The van der Waals surface area contributed by atoms with Crippen LogP contribution in [0.2, 0.25) is 5.28 Å². The average molecular weight is 310 g/mol. The number of aromatic nitrogens is 4. The summed E-state index contributed by atoms with van der Waals surface area (Å²) in [6.45, 7) is 3.79. The molecule has 1 aliphatic heterocycles. The highest BCUT2D eigenvalue weighted by Crippen LogP contribution is 2.28. The monoisotopic (exact) mass is 309 g/mol. The van der Waals surface area contributed by atoms with Crippen LogP contribution in [-0.4, -0.2) is 32.7 Å². The topological polar surface area (TPSA) is 64.9 Å². The first-order chi connectivity index (χ1) is 10.3. The van der Waals surface area contributed by atoms with E-state index in [2.05, 4.69) is 27.2 Å².